The van der Waals surface area contributed by atoms with Crippen LogP contribution in [0.5, 0.6) is 0 Å². The minimum Gasteiger partial charge on any atom is -0.306 e. The summed E-state index contributed by atoms with van der Waals surface area (Å²) >= 11 is 0. The summed E-state index contributed by atoms with van der Waals surface area (Å²) in [7, 11) is 0. The zero-order chi connectivity index (χ0) is 49.7. The summed E-state index contributed by atoms with van der Waals surface area (Å²) in [6.07, 6.45) is 0. The molecular formula is C67H55N5. The summed E-state index contributed by atoms with van der Waals surface area (Å²) in [6, 6.07) is 47.0. The van der Waals surface area contributed by atoms with Crippen molar-refractivity contribution in [1.29, 1.82) is 5.26 Å². The fourth-order valence-electron chi connectivity index (χ4n) is 14.2. The topological polar surface area (TPSA) is 43.0 Å². The number of rotatable bonds is 3. The van der Waals surface area contributed by atoms with Gasteiger partial charge in [0.1, 0.15) is 11.6 Å². The summed E-state index contributed by atoms with van der Waals surface area (Å²) in [6.45, 7) is 27.0. The molecular weight excluding hydrogens is 875 g/mol. The lowest BCUT2D eigenvalue weighted by Crippen LogP contribution is -2.14. The standard InChI is InChI=1S/C67H55N5/c1-33-20-39(7)57-48(26-33)49-27-34(2)21-40(8)58(49)70(57)65-54(32-68)64-56(47-18-15-17-46-45-16-13-14-19-55(45)69(64)63(46)47)66(71-59-41(9)22-35(3)28-50(59)51-29-36(4)23-42(10)60(51)71)67(65)72-61-43(11)24-37(5)30-52(61)53-31-38(6)25-44(12)62(53)72/h13-31H,1-12H3. The second-order valence-electron chi connectivity index (χ2n) is 21.7. The number of hydrogen-bond donors (Lipinski definition) is 0. The molecule has 0 spiro atoms. The van der Waals surface area contributed by atoms with E-state index in [4.69, 9.17) is 0 Å². The van der Waals surface area contributed by atoms with Crippen molar-refractivity contribution in [3.05, 3.63) is 188 Å². The highest BCUT2D eigenvalue weighted by Crippen LogP contribution is 2.53. The van der Waals surface area contributed by atoms with E-state index in [1.165, 1.54) is 121 Å². The maximum absolute atomic E-state index is 12.6. The molecule has 0 unspecified atom stereocenters. The molecule has 9 aromatic carbocycles. The molecule has 5 nitrogen and oxygen atoms in total. The van der Waals surface area contributed by atoms with Crippen LogP contribution >= 0.6 is 0 Å². The molecule has 72 heavy (non-hydrogen) atoms. The number of benzene rings is 9. The van der Waals surface area contributed by atoms with Crippen LogP contribution in [0.15, 0.2) is 115 Å². The van der Waals surface area contributed by atoms with Gasteiger partial charge >= 0.3 is 0 Å². The van der Waals surface area contributed by atoms with Crippen molar-refractivity contribution in [1.82, 2.24) is 18.1 Å². The van der Waals surface area contributed by atoms with E-state index in [0.717, 1.165) is 66.5 Å². The van der Waals surface area contributed by atoms with E-state index in [-0.39, 0.29) is 0 Å². The third-order valence-corrected chi connectivity index (χ3v) is 16.2. The molecule has 5 heterocycles. The van der Waals surface area contributed by atoms with Gasteiger partial charge in [0.2, 0.25) is 0 Å². The van der Waals surface area contributed by atoms with Gasteiger partial charge < -0.3 is 18.1 Å². The second kappa shape index (κ2) is 14.4. The molecule has 5 heteroatoms. The largest absolute Gasteiger partial charge is 0.306 e. The Bertz CT molecular complexity index is 4680. The summed E-state index contributed by atoms with van der Waals surface area (Å²) in [4.78, 5) is 0. The first kappa shape index (κ1) is 42.5. The van der Waals surface area contributed by atoms with E-state index in [0.29, 0.717) is 5.56 Å². The molecule has 0 saturated heterocycles. The molecule has 0 atom stereocenters. The number of nitrogens with zero attached hydrogens (tertiary/aromatic N) is 5. The van der Waals surface area contributed by atoms with Gasteiger partial charge in [0.25, 0.3) is 0 Å². The molecule has 14 aromatic rings. The van der Waals surface area contributed by atoms with Crippen LogP contribution in [0.3, 0.4) is 0 Å². The molecule has 348 valence electrons. The van der Waals surface area contributed by atoms with E-state index in [2.05, 4.69) is 223 Å². The molecule has 14 rings (SSSR count). The minimum absolute atomic E-state index is 0.645. The van der Waals surface area contributed by atoms with Gasteiger partial charge in [-0.3, -0.25) is 0 Å². The smallest absolute Gasteiger partial charge is 0.104 e. The summed E-state index contributed by atoms with van der Waals surface area (Å²) < 4.78 is 10.2. The predicted molar refractivity (Wildman–Crippen MR) is 306 cm³/mol. The van der Waals surface area contributed by atoms with Gasteiger partial charge in [-0.2, -0.15) is 5.26 Å². The molecule has 0 aliphatic rings. The first-order chi connectivity index (χ1) is 34.6. The van der Waals surface area contributed by atoms with E-state index in [1.807, 2.05) is 0 Å². The number of para-hydroxylation sites is 2. The molecule has 0 bridgehead atoms. The zero-order valence-electron chi connectivity index (χ0n) is 43.2. The molecule has 0 N–H and O–H groups in total. The van der Waals surface area contributed by atoms with Gasteiger partial charge in [0, 0.05) is 53.9 Å². The maximum atomic E-state index is 12.6. The first-order valence-electron chi connectivity index (χ1n) is 25.4. The highest BCUT2D eigenvalue weighted by atomic mass is 15.1. The number of aromatic nitrogens is 4. The van der Waals surface area contributed by atoms with Crippen LogP contribution in [0.2, 0.25) is 0 Å². The Morgan fingerprint density at radius 1 is 0.306 bits per heavy atom. The van der Waals surface area contributed by atoms with Crippen LogP contribution in [-0.4, -0.2) is 18.1 Å². The highest BCUT2D eigenvalue weighted by molar-refractivity contribution is 6.29. The fraction of sp³-hybridized carbons (Fsp3) is 0.179. The van der Waals surface area contributed by atoms with Gasteiger partial charge in [0.05, 0.1) is 66.7 Å². The van der Waals surface area contributed by atoms with Gasteiger partial charge in [-0.05, 0) is 159 Å². The Morgan fingerprint density at radius 2 is 0.639 bits per heavy atom. The highest BCUT2D eigenvalue weighted by Gasteiger charge is 2.35. The number of fused-ring (bicyclic) bond motifs is 15. The monoisotopic (exact) mass is 929 g/mol. The maximum Gasteiger partial charge on any atom is 0.104 e. The third-order valence-electron chi connectivity index (χ3n) is 16.2. The average Bonchev–Trinajstić information content (AvgIpc) is 4.11. The lowest BCUT2D eigenvalue weighted by atomic mass is 9.98. The van der Waals surface area contributed by atoms with Crippen LogP contribution in [0.1, 0.15) is 72.3 Å². The van der Waals surface area contributed by atoms with E-state index < -0.39 is 0 Å². The molecule has 0 radical (unpaired) electrons. The lowest BCUT2D eigenvalue weighted by molar-refractivity contribution is 1.04. The Morgan fingerprint density at radius 3 is 1.03 bits per heavy atom. The van der Waals surface area contributed by atoms with Crippen molar-refractivity contribution in [2.75, 3.05) is 0 Å². The van der Waals surface area contributed by atoms with Crippen molar-refractivity contribution in [2.45, 2.75) is 83.1 Å². The van der Waals surface area contributed by atoms with Crippen molar-refractivity contribution in [3.8, 4) is 23.1 Å². The summed E-state index contributed by atoms with van der Waals surface area (Å²) in [5, 5.41) is 24.5. The lowest BCUT2D eigenvalue weighted by Gasteiger charge is -2.26. The van der Waals surface area contributed by atoms with Crippen molar-refractivity contribution in [3.63, 3.8) is 0 Å². The SMILES string of the molecule is Cc1cc(C)c2c(c1)c1cc(C)cc(C)c1n2-c1c(-n2c3c(C)cc(C)cc3c3cc(C)cc(C)c32)c(C#N)c2c(c1-n1c3c(C)cc(C)cc3c3cc(C)cc(C)c31)c1cccc3c4ccccc4n2c31. The van der Waals surface area contributed by atoms with Crippen LogP contribution < -0.4 is 0 Å². The van der Waals surface area contributed by atoms with Crippen molar-refractivity contribution in [2.24, 2.45) is 0 Å². The molecule has 5 aromatic heterocycles. The quantitative estimate of drug-likeness (QED) is 0.174. The molecule has 0 saturated carbocycles. The van der Waals surface area contributed by atoms with Crippen LogP contribution in [0.25, 0.3) is 121 Å². The molecule has 0 fully saturated rings. The second-order valence-corrected chi connectivity index (χ2v) is 21.7. The van der Waals surface area contributed by atoms with Crippen LogP contribution in [0, 0.1) is 94.4 Å². The normalized spacial score (nSPS) is 12.4. The minimum atomic E-state index is 0.645. The summed E-state index contributed by atoms with van der Waals surface area (Å²) in [5.41, 5.74) is 28.1. The van der Waals surface area contributed by atoms with Gasteiger partial charge in [-0.25, -0.2) is 0 Å². The van der Waals surface area contributed by atoms with Crippen molar-refractivity contribution < 1.29 is 0 Å². The van der Waals surface area contributed by atoms with Crippen LogP contribution in [0.4, 0.5) is 0 Å². The van der Waals surface area contributed by atoms with Crippen molar-refractivity contribution >= 4 is 104 Å². The van der Waals surface area contributed by atoms with E-state index >= 15 is 0 Å². The van der Waals surface area contributed by atoms with Crippen LogP contribution in [-0.2, 0) is 0 Å². The number of hydrogen-bond acceptors (Lipinski definition) is 1. The van der Waals surface area contributed by atoms with Gasteiger partial charge in [-0.15, -0.1) is 0 Å². The first-order valence-corrected chi connectivity index (χ1v) is 25.4. The van der Waals surface area contributed by atoms with E-state index in [1.54, 1.807) is 0 Å². The Balaban J connectivity index is 1.43. The Labute approximate surface area is 418 Å². The Hall–Kier alpha value is -8.33. The fourth-order valence-corrected chi connectivity index (χ4v) is 14.2. The third kappa shape index (κ3) is 5.31. The van der Waals surface area contributed by atoms with Gasteiger partial charge in [0.15, 0.2) is 0 Å². The summed E-state index contributed by atoms with van der Waals surface area (Å²) in [5.74, 6) is 0. The predicted octanol–water partition coefficient (Wildman–Crippen LogP) is 17.7. The average molecular weight is 930 g/mol. The van der Waals surface area contributed by atoms with Gasteiger partial charge in [-0.1, -0.05) is 106 Å². The number of nitriles is 1. The number of aryl methyl sites for hydroxylation is 12. The molecule has 0 aliphatic heterocycles. The molecule has 0 aliphatic carbocycles. The molecule has 0 amide bonds. The Kier molecular flexibility index (Phi) is 8.51. The van der Waals surface area contributed by atoms with E-state index in [9.17, 15) is 5.26 Å². The zero-order valence-corrected chi connectivity index (χ0v) is 43.2.